The summed E-state index contributed by atoms with van der Waals surface area (Å²) in [5.41, 5.74) is 3.46. The number of aromatic amines is 1. The van der Waals surface area contributed by atoms with Gasteiger partial charge in [0.2, 0.25) is 0 Å². The molecule has 0 bridgehead atoms. The van der Waals surface area contributed by atoms with Crippen molar-refractivity contribution in [1.82, 2.24) is 14.9 Å². The number of para-hydroxylation sites is 2. The number of H-pyrrole nitrogens is 1. The van der Waals surface area contributed by atoms with Crippen molar-refractivity contribution in [2.75, 3.05) is 6.54 Å². The van der Waals surface area contributed by atoms with Crippen LogP contribution in [0.4, 0.5) is 0 Å². The third-order valence-corrected chi connectivity index (χ3v) is 5.14. The second-order valence-corrected chi connectivity index (χ2v) is 7.16. The van der Waals surface area contributed by atoms with E-state index in [1.54, 1.807) is 10.8 Å². The summed E-state index contributed by atoms with van der Waals surface area (Å²) in [6.07, 6.45) is 5.71. The number of aromatic nitrogens is 2. The first-order valence-corrected chi connectivity index (χ1v) is 9.81. The summed E-state index contributed by atoms with van der Waals surface area (Å²) >= 11 is 0. The largest absolute Gasteiger partial charge is 0.480 e. The fourth-order valence-electron chi connectivity index (χ4n) is 3.72. The van der Waals surface area contributed by atoms with Gasteiger partial charge in [0.1, 0.15) is 18.2 Å². The van der Waals surface area contributed by atoms with Crippen molar-refractivity contribution in [3.8, 4) is 6.07 Å². The van der Waals surface area contributed by atoms with Crippen LogP contribution in [0, 0.1) is 11.3 Å². The highest BCUT2D eigenvalue weighted by Crippen LogP contribution is 2.24. The number of amides is 1. The minimum atomic E-state index is -0.966. The number of hydrogen-bond acceptors (Lipinski definition) is 3. The Morgan fingerprint density at radius 1 is 1.13 bits per heavy atom. The van der Waals surface area contributed by atoms with Gasteiger partial charge in [-0.05, 0) is 30.2 Å². The Bertz CT molecular complexity index is 1350. The molecule has 0 aliphatic rings. The van der Waals surface area contributed by atoms with E-state index in [0.717, 1.165) is 27.4 Å². The molecule has 2 aromatic carbocycles. The molecule has 0 spiro atoms. The van der Waals surface area contributed by atoms with Crippen molar-refractivity contribution < 1.29 is 14.7 Å². The van der Waals surface area contributed by atoms with Crippen molar-refractivity contribution in [2.45, 2.75) is 13.0 Å². The normalized spacial score (nSPS) is 11.5. The lowest BCUT2D eigenvalue weighted by Gasteiger charge is -2.04. The van der Waals surface area contributed by atoms with Gasteiger partial charge in [-0.3, -0.25) is 9.59 Å². The van der Waals surface area contributed by atoms with Crippen LogP contribution in [0.1, 0.15) is 11.1 Å². The van der Waals surface area contributed by atoms with Crippen LogP contribution in [0.5, 0.6) is 0 Å². The lowest BCUT2D eigenvalue weighted by Crippen LogP contribution is -2.26. The number of aliphatic carboxylic acids is 1. The first kappa shape index (κ1) is 20.0. The van der Waals surface area contributed by atoms with Gasteiger partial charge in [-0.1, -0.05) is 36.4 Å². The number of rotatable bonds is 7. The predicted molar refractivity (Wildman–Crippen MR) is 118 cm³/mol. The summed E-state index contributed by atoms with van der Waals surface area (Å²) in [7, 11) is 0. The van der Waals surface area contributed by atoms with Crippen LogP contribution in [0.3, 0.4) is 0 Å². The second-order valence-electron chi connectivity index (χ2n) is 7.16. The smallest absolute Gasteiger partial charge is 0.323 e. The van der Waals surface area contributed by atoms with Gasteiger partial charge in [-0.2, -0.15) is 5.26 Å². The summed E-state index contributed by atoms with van der Waals surface area (Å²) in [5.74, 6) is -1.43. The number of nitriles is 1. The van der Waals surface area contributed by atoms with Crippen LogP contribution in [0.25, 0.3) is 27.9 Å². The van der Waals surface area contributed by atoms with E-state index in [9.17, 15) is 14.9 Å². The van der Waals surface area contributed by atoms with Crippen LogP contribution >= 0.6 is 0 Å². The van der Waals surface area contributed by atoms with Gasteiger partial charge in [0.15, 0.2) is 0 Å². The average molecular weight is 412 g/mol. The van der Waals surface area contributed by atoms with E-state index < -0.39 is 11.9 Å². The number of carboxylic acid groups (broad SMARTS) is 1. The van der Waals surface area contributed by atoms with E-state index >= 15 is 0 Å². The monoisotopic (exact) mass is 412 g/mol. The molecule has 4 rings (SSSR count). The fourth-order valence-corrected chi connectivity index (χ4v) is 3.72. The van der Waals surface area contributed by atoms with E-state index in [1.165, 1.54) is 6.08 Å². The molecule has 7 nitrogen and oxygen atoms in total. The number of carbonyl (C=O) groups is 2. The van der Waals surface area contributed by atoms with Gasteiger partial charge in [0, 0.05) is 46.3 Å². The van der Waals surface area contributed by atoms with Gasteiger partial charge < -0.3 is 20.0 Å². The predicted octanol–water partition coefficient (Wildman–Crippen LogP) is 3.47. The van der Waals surface area contributed by atoms with Crippen molar-refractivity contribution in [3.05, 3.63) is 77.6 Å². The lowest BCUT2D eigenvalue weighted by molar-refractivity contribution is -0.137. The Morgan fingerprint density at radius 3 is 2.65 bits per heavy atom. The quantitative estimate of drug-likeness (QED) is 0.319. The Labute approximate surface area is 178 Å². The van der Waals surface area contributed by atoms with E-state index in [4.69, 9.17) is 5.11 Å². The standard InChI is InChI=1S/C24H20N4O3/c25-12-17(11-18-14-28(15-23(29)30)22-8-4-2-6-20(18)22)24(31)26-10-9-16-13-27-21-7-3-1-5-19(16)21/h1-8,11,13-14,27H,9-10,15H2,(H,26,31)(H,29,30)/b17-11-. The topological polar surface area (TPSA) is 111 Å². The molecule has 2 heterocycles. The Hall–Kier alpha value is -4.31. The Morgan fingerprint density at radius 2 is 1.87 bits per heavy atom. The van der Waals surface area contributed by atoms with Crippen LogP contribution in [-0.4, -0.2) is 33.1 Å². The highest BCUT2D eigenvalue weighted by atomic mass is 16.4. The summed E-state index contributed by atoms with van der Waals surface area (Å²) in [4.78, 5) is 26.9. The van der Waals surface area contributed by atoms with Crippen LogP contribution in [-0.2, 0) is 22.6 Å². The Balaban J connectivity index is 1.51. The van der Waals surface area contributed by atoms with Crippen molar-refractivity contribution in [1.29, 1.82) is 5.26 Å². The zero-order valence-electron chi connectivity index (χ0n) is 16.6. The summed E-state index contributed by atoms with van der Waals surface area (Å²) < 4.78 is 1.59. The van der Waals surface area contributed by atoms with Crippen molar-refractivity contribution in [3.63, 3.8) is 0 Å². The maximum atomic E-state index is 12.6. The summed E-state index contributed by atoms with van der Waals surface area (Å²) in [6.45, 7) is 0.188. The highest BCUT2D eigenvalue weighted by Gasteiger charge is 2.13. The Kier molecular flexibility index (Phi) is 5.54. The average Bonchev–Trinajstić information content (AvgIpc) is 3.33. The maximum Gasteiger partial charge on any atom is 0.323 e. The van der Waals surface area contributed by atoms with Crippen molar-refractivity contribution >= 4 is 39.8 Å². The minimum absolute atomic E-state index is 0.0304. The second kappa shape index (κ2) is 8.59. The molecule has 1 amide bonds. The molecule has 0 aliphatic heterocycles. The number of hydrogen-bond donors (Lipinski definition) is 3. The van der Waals surface area contributed by atoms with Gasteiger partial charge in [-0.25, -0.2) is 0 Å². The van der Waals surface area contributed by atoms with Gasteiger partial charge >= 0.3 is 5.97 Å². The summed E-state index contributed by atoms with van der Waals surface area (Å²) in [6, 6.07) is 17.2. The maximum absolute atomic E-state index is 12.6. The third-order valence-electron chi connectivity index (χ3n) is 5.14. The van der Waals surface area contributed by atoms with E-state index in [1.807, 2.05) is 60.8 Å². The SMILES string of the molecule is N#C/C(=C/c1cn(CC(=O)O)c2ccccc12)C(=O)NCCc1c[nH]c2ccccc12. The number of benzene rings is 2. The fraction of sp³-hybridized carbons (Fsp3) is 0.125. The first-order chi connectivity index (χ1) is 15.1. The molecule has 0 fully saturated rings. The van der Waals surface area contributed by atoms with E-state index in [2.05, 4.69) is 10.3 Å². The van der Waals surface area contributed by atoms with Crippen molar-refractivity contribution in [2.24, 2.45) is 0 Å². The molecule has 0 radical (unpaired) electrons. The zero-order valence-corrected chi connectivity index (χ0v) is 16.6. The number of nitrogens with one attached hydrogen (secondary N) is 2. The molecule has 0 aliphatic carbocycles. The number of carboxylic acids is 1. The minimum Gasteiger partial charge on any atom is -0.480 e. The summed E-state index contributed by atoms with van der Waals surface area (Å²) in [5, 5.41) is 23.4. The molecule has 4 aromatic rings. The molecule has 31 heavy (non-hydrogen) atoms. The molecular weight excluding hydrogens is 392 g/mol. The first-order valence-electron chi connectivity index (χ1n) is 9.81. The zero-order chi connectivity index (χ0) is 21.8. The van der Waals surface area contributed by atoms with Gasteiger partial charge in [-0.15, -0.1) is 0 Å². The molecule has 3 N–H and O–H groups in total. The van der Waals surface area contributed by atoms with E-state index in [-0.39, 0.29) is 12.1 Å². The molecule has 0 saturated heterocycles. The molecule has 0 saturated carbocycles. The molecule has 2 aromatic heterocycles. The molecule has 154 valence electrons. The van der Waals surface area contributed by atoms with E-state index in [0.29, 0.717) is 18.5 Å². The van der Waals surface area contributed by atoms with Crippen LogP contribution < -0.4 is 5.32 Å². The van der Waals surface area contributed by atoms with Gasteiger partial charge in [0.25, 0.3) is 5.91 Å². The lowest BCUT2D eigenvalue weighted by atomic mass is 10.1. The van der Waals surface area contributed by atoms with Crippen LogP contribution in [0.15, 0.2) is 66.5 Å². The molecule has 0 atom stereocenters. The molecule has 7 heteroatoms. The molecular formula is C24H20N4O3. The van der Waals surface area contributed by atoms with Gasteiger partial charge in [0.05, 0.1) is 0 Å². The number of fused-ring (bicyclic) bond motifs is 2. The third kappa shape index (κ3) is 4.19. The highest BCUT2D eigenvalue weighted by molar-refractivity contribution is 6.04. The van der Waals surface area contributed by atoms with Crippen LogP contribution in [0.2, 0.25) is 0 Å². The number of nitrogens with zero attached hydrogens (tertiary/aromatic N) is 2. The molecule has 0 unspecified atom stereocenters. The number of carbonyl (C=O) groups excluding carboxylic acids is 1.